The molecule has 0 fully saturated rings. The summed E-state index contributed by atoms with van der Waals surface area (Å²) in [6.45, 7) is 0. The van der Waals surface area contributed by atoms with Gasteiger partial charge in [0.25, 0.3) is 5.91 Å². The lowest BCUT2D eigenvalue weighted by molar-refractivity contribution is 0.102. The molecule has 3 aromatic carbocycles. The first-order valence-electron chi connectivity index (χ1n) is 9.29. The van der Waals surface area contributed by atoms with Crippen LogP contribution in [-0.2, 0) is 6.42 Å². The van der Waals surface area contributed by atoms with E-state index in [1.165, 1.54) is 0 Å². The molecule has 0 radical (unpaired) electrons. The SMILES string of the molecule is COc1ccc(Cc2nnc(NC(=O)c3ccc(Oc4ccccc4)cc3)o2)cc1. The summed E-state index contributed by atoms with van der Waals surface area (Å²) < 4.78 is 16.4. The number of rotatable bonds is 7. The van der Waals surface area contributed by atoms with Gasteiger partial charge in [0.05, 0.1) is 13.5 Å². The van der Waals surface area contributed by atoms with Crippen LogP contribution in [0.4, 0.5) is 6.01 Å². The summed E-state index contributed by atoms with van der Waals surface area (Å²) >= 11 is 0. The summed E-state index contributed by atoms with van der Waals surface area (Å²) in [6.07, 6.45) is 0.457. The number of aromatic nitrogens is 2. The molecule has 30 heavy (non-hydrogen) atoms. The molecule has 1 heterocycles. The monoisotopic (exact) mass is 401 g/mol. The van der Waals surface area contributed by atoms with Gasteiger partial charge in [-0.15, -0.1) is 5.10 Å². The van der Waals surface area contributed by atoms with Gasteiger partial charge in [0.1, 0.15) is 17.2 Å². The summed E-state index contributed by atoms with van der Waals surface area (Å²) in [5.41, 5.74) is 1.44. The molecule has 0 saturated carbocycles. The maximum atomic E-state index is 12.4. The number of para-hydroxylation sites is 1. The van der Waals surface area contributed by atoms with Crippen LogP contribution in [0.25, 0.3) is 0 Å². The molecule has 150 valence electrons. The lowest BCUT2D eigenvalue weighted by atomic mass is 10.1. The average molecular weight is 401 g/mol. The van der Waals surface area contributed by atoms with E-state index in [1.807, 2.05) is 54.6 Å². The number of amides is 1. The van der Waals surface area contributed by atoms with Crippen molar-refractivity contribution < 1.29 is 18.7 Å². The Bertz CT molecular complexity index is 1110. The molecule has 7 heteroatoms. The van der Waals surface area contributed by atoms with E-state index in [0.717, 1.165) is 17.1 Å². The number of hydrogen-bond donors (Lipinski definition) is 1. The van der Waals surface area contributed by atoms with Crippen molar-refractivity contribution in [3.05, 3.63) is 95.9 Å². The van der Waals surface area contributed by atoms with Gasteiger partial charge in [-0.05, 0) is 54.1 Å². The topological polar surface area (TPSA) is 86.5 Å². The molecule has 0 spiro atoms. The molecule has 4 aromatic rings. The fraction of sp³-hybridized carbons (Fsp3) is 0.0870. The van der Waals surface area contributed by atoms with E-state index >= 15 is 0 Å². The standard InChI is InChI=1S/C23H19N3O4/c1-28-18-11-7-16(8-12-18)15-21-25-26-23(30-21)24-22(27)17-9-13-20(14-10-17)29-19-5-3-2-4-6-19/h2-14H,15H2,1H3,(H,24,26,27). The van der Waals surface area contributed by atoms with Gasteiger partial charge in [0.2, 0.25) is 5.89 Å². The van der Waals surface area contributed by atoms with Crippen LogP contribution in [0.2, 0.25) is 0 Å². The smallest absolute Gasteiger partial charge is 0.322 e. The highest BCUT2D eigenvalue weighted by Crippen LogP contribution is 2.21. The van der Waals surface area contributed by atoms with Crippen LogP contribution < -0.4 is 14.8 Å². The molecule has 7 nitrogen and oxygen atoms in total. The van der Waals surface area contributed by atoms with Crippen LogP contribution in [0.5, 0.6) is 17.2 Å². The summed E-state index contributed by atoms with van der Waals surface area (Å²) in [7, 11) is 1.62. The Balaban J connectivity index is 1.35. The van der Waals surface area contributed by atoms with Crippen LogP contribution in [-0.4, -0.2) is 23.2 Å². The van der Waals surface area contributed by atoms with Crippen molar-refractivity contribution in [1.29, 1.82) is 0 Å². The average Bonchev–Trinajstić information content (AvgIpc) is 3.22. The first kappa shape index (κ1) is 19.2. The lowest BCUT2D eigenvalue weighted by Crippen LogP contribution is -2.11. The van der Waals surface area contributed by atoms with Crippen LogP contribution in [0.1, 0.15) is 21.8 Å². The maximum Gasteiger partial charge on any atom is 0.322 e. The highest BCUT2D eigenvalue weighted by Gasteiger charge is 2.12. The zero-order valence-electron chi connectivity index (χ0n) is 16.2. The summed E-state index contributed by atoms with van der Waals surface area (Å²) in [5.74, 6) is 2.20. The minimum Gasteiger partial charge on any atom is -0.497 e. The number of hydrogen-bond acceptors (Lipinski definition) is 6. The van der Waals surface area contributed by atoms with Crippen molar-refractivity contribution in [1.82, 2.24) is 10.2 Å². The third kappa shape index (κ3) is 4.82. The number of ether oxygens (including phenoxy) is 2. The first-order chi connectivity index (χ1) is 14.7. The normalized spacial score (nSPS) is 10.4. The number of nitrogens with zero attached hydrogens (tertiary/aromatic N) is 2. The Labute approximate surface area is 173 Å². The summed E-state index contributed by atoms with van der Waals surface area (Å²) in [5, 5.41) is 10.5. The van der Waals surface area contributed by atoms with Gasteiger partial charge in [0.15, 0.2) is 0 Å². The second-order valence-corrected chi connectivity index (χ2v) is 6.42. The Morgan fingerprint density at radius 2 is 1.53 bits per heavy atom. The fourth-order valence-electron chi connectivity index (χ4n) is 2.76. The molecule has 0 saturated heterocycles. The molecule has 1 N–H and O–H groups in total. The van der Waals surface area contributed by atoms with Crippen molar-refractivity contribution in [2.24, 2.45) is 0 Å². The third-order valence-electron chi connectivity index (χ3n) is 4.30. The van der Waals surface area contributed by atoms with Gasteiger partial charge in [-0.2, -0.15) is 0 Å². The van der Waals surface area contributed by atoms with E-state index in [2.05, 4.69) is 15.5 Å². The number of carbonyl (C=O) groups excluding carboxylic acids is 1. The molecule has 0 bridgehead atoms. The Morgan fingerprint density at radius 3 is 2.23 bits per heavy atom. The van der Waals surface area contributed by atoms with Crippen LogP contribution >= 0.6 is 0 Å². The fourth-order valence-corrected chi connectivity index (χ4v) is 2.76. The van der Waals surface area contributed by atoms with Crippen molar-refractivity contribution in [2.45, 2.75) is 6.42 Å². The second-order valence-electron chi connectivity index (χ2n) is 6.42. The van der Waals surface area contributed by atoms with E-state index in [-0.39, 0.29) is 11.9 Å². The molecular weight excluding hydrogens is 382 g/mol. The number of carbonyl (C=O) groups is 1. The Morgan fingerprint density at radius 1 is 0.867 bits per heavy atom. The molecule has 1 aromatic heterocycles. The van der Waals surface area contributed by atoms with Gasteiger partial charge >= 0.3 is 6.01 Å². The van der Waals surface area contributed by atoms with Crippen molar-refractivity contribution >= 4 is 11.9 Å². The summed E-state index contributed by atoms with van der Waals surface area (Å²) in [4.78, 5) is 12.4. The number of methoxy groups -OCH3 is 1. The van der Waals surface area contributed by atoms with Gasteiger partial charge in [-0.3, -0.25) is 10.1 Å². The highest BCUT2D eigenvalue weighted by molar-refractivity contribution is 6.03. The quantitative estimate of drug-likeness (QED) is 0.482. The molecule has 0 unspecified atom stereocenters. The van der Waals surface area contributed by atoms with E-state index in [1.54, 1.807) is 31.4 Å². The lowest BCUT2D eigenvalue weighted by Gasteiger charge is -2.06. The molecule has 0 aliphatic rings. The van der Waals surface area contributed by atoms with Crippen molar-refractivity contribution in [3.8, 4) is 17.2 Å². The van der Waals surface area contributed by atoms with Gasteiger partial charge in [-0.25, -0.2) is 0 Å². The number of anilines is 1. The maximum absolute atomic E-state index is 12.4. The predicted octanol–water partition coefficient (Wildman–Crippen LogP) is 4.71. The van der Waals surface area contributed by atoms with Crippen molar-refractivity contribution in [3.63, 3.8) is 0 Å². The Kier molecular flexibility index (Phi) is 5.70. The van der Waals surface area contributed by atoms with Gasteiger partial charge in [0, 0.05) is 5.56 Å². The first-order valence-corrected chi connectivity index (χ1v) is 9.29. The second kappa shape index (κ2) is 8.91. The largest absolute Gasteiger partial charge is 0.497 e. The molecule has 0 atom stereocenters. The van der Waals surface area contributed by atoms with Crippen LogP contribution in [0.15, 0.2) is 83.3 Å². The van der Waals surface area contributed by atoms with Gasteiger partial charge in [-0.1, -0.05) is 35.4 Å². The zero-order chi connectivity index (χ0) is 20.8. The van der Waals surface area contributed by atoms with Crippen LogP contribution in [0, 0.1) is 0 Å². The van der Waals surface area contributed by atoms with E-state index in [9.17, 15) is 4.79 Å². The highest BCUT2D eigenvalue weighted by atomic mass is 16.5. The molecule has 1 amide bonds. The minimum absolute atomic E-state index is 0.0492. The van der Waals surface area contributed by atoms with Crippen molar-refractivity contribution in [2.75, 3.05) is 12.4 Å². The minimum atomic E-state index is -0.346. The molecule has 0 aliphatic carbocycles. The van der Waals surface area contributed by atoms with Crippen LogP contribution in [0.3, 0.4) is 0 Å². The zero-order valence-corrected chi connectivity index (χ0v) is 16.2. The van der Waals surface area contributed by atoms with E-state index in [4.69, 9.17) is 13.9 Å². The predicted molar refractivity (Wildman–Crippen MR) is 111 cm³/mol. The third-order valence-corrected chi connectivity index (χ3v) is 4.30. The van der Waals surface area contributed by atoms with E-state index < -0.39 is 0 Å². The molecular formula is C23H19N3O4. The molecule has 0 aliphatic heterocycles. The van der Waals surface area contributed by atoms with Gasteiger partial charge < -0.3 is 13.9 Å². The number of nitrogens with one attached hydrogen (secondary N) is 1. The molecule has 4 rings (SSSR count). The Hall–Kier alpha value is -4.13. The van der Waals surface area contributed by atoms with E-state index in [0.29, 0.717) is 23.6 Å². The number of benzene rings is 3. The summed E-state index contributed by atoms with van der Waals surface area (Å²) in [6, 6.07) is 23.8.